The van der Waals surface area contributed by atoms with Gasteiger partial charge in [0.05, 0.1) is 0 Å². The molecule has 1 aromatic rings. The smallest absolute Gasteiger partial charge is 0.308 e. The number of urea groups is 1. The van der Waals surface area contributed by atoms with Gasteiger partial charge >= 0.3 is 6.03 Å². The second-order valence-corrected chi connectivity index (χ2v) is 5.18. The Kier molecular flexibility index (Phi) is 4.15. The number of amides is 4. The molecule has 0 radical (unpaired) electrons. The number of carbonyl (C=O) groups is 3. The highest BCUT2D eigenvalue weighted by Crippen LogP contribution is 2.23. The van der Waals surface area contributed by atoms with Gasteiger partial charge in [0.15, 0.2) is 0 Å². The van der Waals surface area contributed by atoms with E-state index in [0.717, 1.165) is 4.90 Å². The third kappa shape index (κ3) is 3.20. The quantitative estimate of drug-likeness (QED) is 0.776. The van der Waals surface area contributed by atoms with E-state index >= 15 is 0 Å². The maximum atomic E-state index is 12.1. The van der Waals surface area contributed by atoms with Gasteiger partial charge < -0.3 is 10.2 Å². The van der Waals surface area contributed by atoms with Crippen LogP contribution in [0.2, 0.25) is 10.0 Å². The van der Waals surface area contributed by atoms with E-state index in [-0.39, 0.29) is 6.54 Å². The van der Waals surface area contributed by atoms with Gasteiger partial charge in [0, 0.05) is 15.7 Å². The summed E-state index contributed by atoms with van der Waals surface area (Å²) in [5.41, 5.74) is 0.387. The Balaban J connectivity index is 2.14. The Morgan fingerprint density at radius 3 is 2.50 bits per heavy atom. The van der Waals surface area contributed by atoms with E-state index in [0.29, 0.717) is 15.7 Å². The molecule has 1 heterocycles. The molecule has 0 spiro atoms. The Bertz CT molecular complexity index is 571. The molecule has 20 heavy (non-hydrogen) atoms. The molecule has 0 aliphatic carbocycles. The number of benzene rings is 1. The topological polar surface area (TPSA) is 78.5 Å². The average molecular weight is 316 g/mol. The lowest BCUT2D eigenvalue weighted by molar-refractivity contribution is -0.137. The molecular formula is C12H11Cl2N3O3. The highest BCUT2D eigenvalue weighted by molar-refractivity contribution is 6.35. The Labute approximate surface area is 125 Å². The zero-order chi connectivity index (χ0) is 14.9. The van der Waals surface area contributed by atoms with Crippen molar-refractivity contribution in [1.29, 1.82) is 0 Å². The molecule has 1 aliphatic rings. The van der Waals surface area contributed by atoms with Crippen LogP contribution in [-0.4, -0.2) is 35.3 Å². The summed E-state index contributed by atoms with van der Waals surface area (Å²) in [6, 6.07) is 3.25. The first kappa shape index (κ1) is 14.6. The van der Waals surface area contributed by atoms with Crippen molar-refractivity contribution in [2.45, 2.75) is 13.0 Å². The largest absolute Gasteiger partial charge is 0.322 e. The van der Waals surface area contributed by atoms with E-state index < -0.39 is 23.9 Å². The van der Waals surface area contributed by atoms with Crippen LogP contribution in [0.4, 0.5) is 10.5 Å². The average Bonchev–Trinajstić information content (AvgIpc) is 2.32. The van der Waals surface area contributed by atoms with Gasteiger partial charge in [-0.15, -0.1) is 0 Å². The van der Waals surface area contributed by atoms with Crippen LogP contribution in [0.15, 0.2) is 18.2 Å². The number of carbonyl (C=O) groups excluding carboxylic acids is 3. The summed E-state index contributed by atoms with van der Waals surface area (Å²) in [7, 11) is 0. The minimum atomic E-state index is -0.734. The van der Waals surface area contributed by atoms with E-state index in [1.807, 2.05) is 0 Å². The van der Waals surface area contributed by atoms with Crippen molar-refractivity contribution < 1.29 is 14.4 Å². The lowest BCUT2D eigenvalue weighted by atomic mass is 10.2. The second kappa shape index (κ2) is 5.68. The van der Waals surface area contributed by atoms with Crippen LogP contribution in [0.25, 0.3) is 0 Å². The van der Waals surface area contributed by atoms with Gasteiger partial charge in [-0.2, -0.15) is 0 Å². The molecule has 0 aromatic heterocycles. The number of hydrogen-bond acceptors (Lipinski definition) is 3. The molecule has 2 N–H and O–H groups in total. The molecule has 1 fully saturated rings. The molecule has 0 bridgehead atoms. The monoisotopic (exact) mass is 315 g/mol. The molecule has 106 valence electrons. The highest BCUT2D eigenvalue weighted by atomic mass is 35.5. The zero-order valence-electron chi connectivity index (χ0n) is 10.4. The first-order chi connectivity index (χ1) is 9.36. The van der Waals surface area contributed by atoms with Gasteiger partial charge in [-0.05, 0) is 25.1 Å². The number of piperazine rings is 1. The predicted molar refractivity (Wildman–Crippen MR) is 74.8 cm³/mol. The number of halogens is 2. The van der Waals surface area contributed by atoms with E-state index in [2.05, 4.69) is 10.6 Å². The number of hydrogen-bond donors (Lipinski definition) is 2. The Morgan fingerprint density at radius 1 is 1.30 bits per heavy atom. The number of nitrogens with one attached hydrogen (secondary N) is 2. The third-order valence-corrected chi connectivity index (χ3v) is 3.23. The summed E-state index contributed by atoms with van der Waals surface area (Å²) in [4.78, 5) is 36.0. The van der Waals surface area contributed by atoms with Crippen molar-refractivity contribution in [1.82, 2.24) is 10.2 Å². The number of rotatable bonds is 1. The summed E-state index contributed by atoms with van der Waals surface area (Å²) in [6.45, 7) is 1.35. The second-order valence-electron chi connectivity index (χ2n) is 4.30. The van der Waals surface area contributed by atoms with E-state index in [9.17, 15) is 14.4 Å². The first-order valence-electron chi connectivity index (χ1n) is 5.74. The number of nitrogens with zero attached hydrogens (tertiary/aromatic N) is 1. The van der Waals surface area contributed by atoms with Crippen molar-refractivity contribution >= 4 is 46.7 Å². The highest BCUT2D eigenvalue weighted by Gasteiger charge is 2.33. The molecule has 1 atom stereocenters. The molecule has 0 saturated carbocycles. The summed E-state index contributed by atoms with van der Waals surface area (Å²) < 4.78 is 0. The Morgan fingerprint density at radius 2 is 1.90 bits per heavy atom. The fourth-order valence-corrected chi connectivity index (χ4v) is 2.31. The van der Waals surface area contributed by atoms with E-state index in [4.69, 9.17) is 23.2 Å². The zero-order valence-corrected chi connectivity index (χ0v) is 12.0. The van der Waals surface area contributed by atoms with Crippen LogP contribution >= 0.6 is 23.2 Å². The van der Waals surface area contributed by atoms with Gasteiger partial charge in [0.25, 0.3) is 0 Å². The molecule has 1 aliphatic heterocycles. The van der Waals surface area contributed by atoms with Crippen molar-refractivity contribution in [3.05, 3.63) is 28.2 Å². The molecule has 1 unspecified atom stereocenters. The van der Waals surface area contributed by atoms with Gasteiger partial charge in [-0.25, -0.2) is 4.79 Å². The van der Waals surface area contributed by atoms with E-state index in [1.54, 1.807) is 0 Å². The third-order valence-electron chi connectivity index (χ3n) is 2.80. The molecule has 1 aromatic carbocycles. The molecule has 4 amide bonds. The van der Waals surface area contributed by atoms with Crippen LogP contribution in [-0.2, 0) is 9.59 Å². The minimum Gasteiger partial charge on any atom is -0.308 e. The molecule has 1 saturated heterocycles. The van der Waals surface area contributed by atoms with Crippen LogP contribution in [0.1, 0.15) is 6.92 Å². The van der Waals surface area contributed by atoms with Crippen molar-refractivity contribution in [2.75, 3.05) is 11.9 Å². The summed E-state index contributed by atoms with van der Waals surface area (Å²) in [6.07, 6.45) is 0. The van der Waals surface area contributed by atoms with Crippen LogP contribution in [0, 0.1) is 0 Å². The standard InChI is InChI=1S/C12H11Cl2N3O3/c1-6-11(19)16-10(18)5-17(6)12(20)15-9-3-7(13)2-8(14)4-9/h2-4,6H,5H2,1H3,(H,15,20)(H,16,18,19). The van der Waals surface area contributed by atoms with Crippen molar-refractivity contribution in [3.63, 3.8) is 0 Å². The van der Waals surface area contributed by atoms with E-state index in [1.165, 1.54) is 25.1 Å². The molecule has 6 nitrogen and oxygen atoms in total. The molecule has 8 heteroatoms. The lowest BCUT2D eigenvalue weighted by Crippen LogP contribution is -2.59. The van der Waals surface area contributed by atoms with Gasteiger partial charge in [0.1, 0.15) is 12.6 Å². The minimum absolute atomic E-state index is 0.187. The van der Waals surface area contributed by atoms with Crippen LogP contribution in [0.3, 0.4) is 0 Å². The fraction of sp³-hybridized carbons (Fsp3) is 0.250. The maximum Gasteiger partial charge on any atom is 0.322 e. The lowest BCUT2D eigenvalue weighted by Gasteiger charge is -2.31. The van der Waals surface area contributed by atoms with Crippen molar-refractivity contribution in [3.8, 4) is 0 Å². The summed E-state index contributed by atoms with van der Waals surface area (Å²) in [5, 5.41) is 5.44. The summed E-state index contributed by atoms with van der Waals surface area (Å²) in [5.74, 6) is -1.03. The SMILES string of the molecule is CC1C(=O)NC(=O)CN1C(=O)Nc1cc(Cl)cc(Cl)c1. The van der Waals surface area contributed by atoms with Crippen LogP contribution < -0.4 is 10.6 Å². The predicted octanol–water partition coefficient (Wildman–Crippen LogP) is 1.87. The van der Waals surface area contributed by atoms with Gasteiger partial charge in [-0.3, -0.25) is 14.9 Å². The van der Waals surface area contributed by atoms with Crippen LogP contribution in [0.5, 0.6) is 0 Å². The van der Waals surface area contributed by atoms with Gasteiger partial charge in [-0.1, -0.05) is 23.2 Å². The number of imide groups is 1. The fourth-order valence-electron chi connectivity index (χ4n) is 1.78. The summed E-state index contributed by atoms with van der Waals surface area (Å²) >= 11 is 11.7. The molecular weight excluding hydrogens is 305 g/mol. The Hall–Kier alpha value is -1.79. The normalized spacial score (nSPS) is 18.8. The van der Waals surface area contributed by atoms with Gasteiger partial charge in [0.2, 0.25) is 11.8 Å². The molecule has 2 rings (SSSR count). The first-order valence-corrected chi connectivity index (χ1v) is 6.50. The van der Waals surface area contributed by atoms with Crippen molar-refractivity contribution in [2.24, 2.45) is 0 Å². The maximum absolute atomic E-state index is 12.1. The number of anilines is 1.